The van der Waals surface area contributed by atoms with Crippen molar-refractivity contribution < 1.29 is 13.6 Å². The lowest BCUT2D eigenvalue weighted by atomic mass is 10.2. The van der Waals surface area contributed by atoms with E-state index in [1.165, 1.54) is 12.1 Å². The van der Waals surface area contributed by atoms with Gasteiger partial charge in [-0.2, -0.15) is 0 Å². The summed E-state index contributed by atoms with van der Waals surface area (Å²) in [5, 5.41) is 5.24. The zero-order valence-corrected chi connectivity index (χ0v) is 12.4. The molecule has 5 nitrogen and oxygen atoms in total. The second-order valence-electron chi connectivity index (χ2n) is 5.04. The predicted molar refractivity (Wildman–Crippen MR) is 79.0 cm³/mol. The smallest absolute Gasteiger partial charge is 0.270 e. The molecule has 2 N–H and O–H groups in total. The molecule has 1 heterocycles. The molecule has 0 aliphatic carbocycles. The molecule has 0 fully saturated rings. The van der Waals surface area contributed by atoms with Crippen LogP contribution >= 0.6 is 0 Å². The van der Waals surface area contributed by atoms with Crippen LogP contribution in [0.2, 0.25) is 0 Å². The molecule has 1 amide bonds. The van der Waals surface area contributed by atoms with E-state index in [0.29, 0.717) is 5.82 Å². The number of anilines is 2. The molecule has 7 heteroatoms. The van der Waals surface area contributed by atoms with Gasteiger partial charge in [-0.05, 0) is 32.9 Å². The fraction of sp³-hybridized carbons (Fsp3) is 0.267. The molecule has 0 saturated heterocycles. The number of aryl methyl sites for hydroxylation is 1. The van der Waals surface area contributed by atoms with Crippen LogP contribution in [-0.4, -0.2) is 21.9 Å². The van der Waals surface area contributed by atoms with Gasteiger partial charge in [0.2, 0.25) is 0 Å². The average Bonchev–Trinajstić information content (AvgIpc) is 2.42. The standard InChI is InChI=1S/C15H16F2N4O/c1-8(2)18-15(22)12-7-13(20-9(3)19-12)21-14-10(16)5-4-6-11(14)17/h4-8H,1-3H3,(H,18,22)(H,19,20,21). The van der Waals surface area contributed by atoms with E-state index in [0.717, 1.165) is 12.1 Å². The van der Waals surface area contributed by atoms with Gasteiger partial charge in [-0.25, -0.2) is 18.7 Å². The summed E-state index contributed by atoms with van der Waals surface area (Å²) in [7, 11) is 0. The third-order valence-corrected chi connectivity index (χ3v) is 2.71. The minimum absolute atomic E-state index is 0.0526. The van der Waals surface area contributed by atoms with Gasteiger partial charge in [0.05, 0.1) is 0 Å². The Kier molecular flexibility index (Phi) is 4.65. The molecule has 0 bridgehead atoms. The first-order valence-electron chi connectivity index (χ1n) is 6.74. The highest BCUT2D eigenvalue weighted by Crippen LogP contribution is 2.22. The summed E-state index contributed by atoms with van der Waals surface area (Å²) >= 11 is 0. The fourth-order valence-corrected chi connectivity index (χ4v) is 1.83. The zero-order chi connectivity index (χ0) is 16.3. The molecule has 0 spiro atoms. The summed E-state index contributed by atoms with van der Waals surface area (Å²) in [6.45, 7) is 5.23. The van der Waals surface area contributed by atoms with Crippen LogP contribution in [0.3, 0.4) is 0 Å². The number of hydrogen-bond acceptors (Lipinski definition) is 4. The number of hydrogen-bond donors (Lipinski definition) is 2. The highest BCUT2D eigenvalue weighted by molar-refractivity contribution is 5.93. The highest BCUT2D eigenvalue weighted by Gasteiger charge is 2.14. The van der Waals surface area contributed by atoms with E-state index in [1.807, 2.05) is 13.8 Å². The van der Waals surface area contributed by atoms with Crippen molar-refractivity contribution in [2.45, 2.75) is 26.8 Å². The maximum absolute atomic E-state index is 13.6. The van der Waals surface area contributed by atoms with Crippen LogP contribution in [0.25, 0.3) is 0 Å². The first-order chi connectivity index (χ1) is 10.4. The second-order valence-corrected chi connectivity index (χ2v) is 5.04. The van der Waals surface area contributed by atoms with Gasteiger partial charge in [0, 0.05) is 12.1 Å². The largest absolute Gasteiger partial charge is 0.349 e. The Bertz CT molecular complexity index is 684. The Morgan fingerprint density at radius 3 is 2.41 bits per heavy atom. The molecular formula is C15H16F2N4O. The average molecular weight is 306 g/mol. The maximum atomic E-state index is 13.6. The van der Waals surface area contributed by atoms with Crippen LogP contribution in [-0.2, 0) is 0 Å². The van der Waals surface area contributed by atoms with Crippen molar-refractivity contribution in [3.63, 3.8) is 0 Å². The molecule has 116 valence electrons. The minimum atomic E-state index is -0.746. The van der Waals surface area contributed by atoms with E-state index in [-0.39, 0.29) is 29.1 Å². The summed E-state index contributed by atoms with van der Waals surface area (Å²) in [6, 6.07) is 4.82. The van der Waals surface area contributed by atoms with Gasteiger partial charge in [-0.3, -0.25) is 4.79 Å². The molecule has 1 aromatic heterocycles. The molecule has 0 unspecified atom stereocenters. The Hall–Kier alpha value is -2.57. The quantitative estimate of drug-likeness (QED) is 0.911. The van der Waals surface area contributed by atoms with Gasteiger partial charge in [-0.15, -0.1) is 0 Å². The number of benzene rings is 1. The molecule has 2 rings (SSSR count). The number of amides is 1. The normalized spacial score (nSPS) is 10.6. The first-order valence-corrected chi connectivity index (χ1v) is 6.74. The van der Waals surface area contributed by atoms with E-state index < -0.39 is 11.6 Å². The molecule has 22 heavy (non-hydrogen) atoms. The van der Waals surface area contributed by atoms with E-state index in [1.54, 1.807) is 6.92 Å². The summed E-state index contributed by atoms with van der Waals surface area (Å²) in [6.07, 6.45) is 0. The summed E-state index contributed by atoms with van der Waals surface area (Å²) in [4.78, 5) is 20.0. The lowest BCUT2D eigenvalue weighted by molar-refractivity contribution is 0.0937. The van der Waals surface area contributed by atoms with Crippen molar-refractivity contribution in [2.75, 3.05) is 5.32 Å². The zero-order valence-electron chi connectivity index (χ0n) is 12.4. The van der Waals surface area contributed by atoms with Crippen molar-refractivity contribution in [1.29, 1.82) is 0 Å². The third-order valence-electron chi connectivity index (χ3n) is 2.71. The Balaban J connectivity index is 2.32. The SMILES string of the molecule is Cc1nc(Nc2c(F)cccc2F)cc(C(=O)NC(C)C)n1. The summed E-state index contributed by atoms with van der Waals surface area (Å²) in [5.74, 6) is -1.41. The molecule has 2 aromatic rings. The van der Waals surface area contributed by atoms with E-state index in [9.17, 15) is 13.6 Å². The molecule has 0 atom stereocenters. The minimum Gasteiger partial charge on any atom is -0.349 e. The van der Waals surface area contributed by atoms with Crippen molar-refractivity contribution in [1.82, 2.24) is 15.3 Å². The Morgan fingerprint density at radius 1 is 1.18 bits per heavy atom. The van der Waals surface area contributed by atoms with Gasteiger partial charge in [0.15, 0.2) is 0 Å². The number of nitrogens with zero attached hydrogens (tertiary/aromatic N) is 2. The lowest BCUT2D eigenvalue weighted by Gasteiger charge is -2.11. The monoisotopic (exact) mass is 306 g/mol. The van der Waals surface area contributed by atoms with Crippen LogP contribution < -0.4 is 10.6 Å². The summed E-state index contributed by atoms with van der Waals surface area (Å²) in [5.41, 5.74) is -0.198. The van der Waals surface area contributed by atoms with E-state index in [4.69, 9.17) is 0 Å². The molecule has 1 aromatic carbocycles. The molecular weight excluding hydrogens is 290 g/mol. The van der Waals surface area contributed by atoms with Crippen LogP contribution in [0.15, 0.2) is 24.3 Å². The Morgan fingerprint density at radius 2 is 1.82 bits per heavy atom. The van der Waals surface area contributed by atoms with Crippen LogP contribution in [0.4, 0.5) is 20.3 Å². The summed E-state index contributed by atoms with van der Waals surface area (Å²) < 4.78 is 27.3. The first kappa shape index (κ1) is 15.8. The van der Waals surface area contributed by atoms with Crippen LogP contribution in [0.1, 0.15) is 30.2 Å². The van der Waals surface area contributed by atoms with Crippen LogP contribution in [0, 0.1) is 18.6 Å². The van der Waals surface area contributed by atoms with Gasteiger partial charge in [0.25, 0.3) is 5.91 Å². The molecule has 0 aliphatic heterocycles. The van der Waals surface area contributed by atoms with Gasteiger partial charge in [0.1, 0.15) is 34.7 Å². The van der Waals surface area contributed by atoms with Gasteiger partial charge in [-0.1, -0.05) is 6.07 Å². The number of carbonyl (C=O) groups is 1. The number of aromatic nitrogens is 2. The third kappa shape index (κ3) is 3.75. The van der Waals surface area contributed by atoms with Gasteiger partial charge < -0.3 is 10.6 Å². The van der Waals surface area contributed by atoms with E-state index in [2.05, 4.69) is 20.6 Å². The Labute approximate surface area is 126 Å². The lowest BCUT2D eigenvalue weighted by Crippen LogP contribution is -2.31. The molecule has 0 saturated carbocycles. The van der Waals surface area contributed by atoms with Crippen LogP contribution in [0.5, 0.6) is 0 Å². The number of para-hydroxylation sites is 1. The topological polar surface area (TPSA) is 66.9 Å². The number of halogens is 2. The fourth-order valence-electron chi connectivity index (χ4n) is 1.83. The van der Waals surface area contributed by atoms with Crippen molar-refractivity contribution in [3.8, 4) is 0 Å². The van der Waals surface area contributed by atoms with Gasteiger partial charge >= 0.3 is 0 Å². The van der Waals surface area contributed by atoms with Crippen molar-refractivity contribution in [3.05, 3.63) is 47.4 Å². The number of nitrogens with one attached hydrogen (secondary N) is 2. The number of carbonyl (C=O) groups excluding carboxylic acids is 1. The van der Waals surface area contributed by atoms with Crippen molar-refractivity contribution in [2.24, 2.45) is 0 Å². The molecule has 0 radical (unpaired) electrons. The highest BCUT2D eigenvalue weighted by atomic mass is 19.1. The molecule has 0 aliphatic rings. The van der Waals surface area contributed by atoms with Crippen molar-refractivity contribution >= 4 is 17.4 Å². The maximum Gasteiger partial charge on any atom is 0.270 e. The van der Waals surface area contributed by atoms with E-state index >= 15 is 0 Å². The second kappa shape index (κ2) is 6.46. The predicted octanol–water partition coefficient (Wildman–Crippen LogP) is 2.95. The number of rotatable bonds is 4.